The van der Waals surface area contributed by atoms with Crippen molar-refractivity contribution in [2.24, 2.45) is 5.92 Å². The number of ether oxygens (including phenoxy) is 2. The van der Waals surface area contributed by atoms with Crippen molar-refractivity contribution in [3.05, 3.63) is 29.8 Å². The SMILES string of the molecule is COCCN1CCC(CNC(=O)Cc2ccccc2OC)CC1. The standard InChI is InChI=1S/C18H28N2O3/c1-22-12-11-20-9-7-15(8-10-20)14-19-18(21)13-16-5-3-4-6-17(16)23-2/h3-6,15H,7-14H2,1-2H3,(H,19,21). The van der Waals surface area contributed by atoms with Gasteiger partial charge < -0.3 is 19.7 Å². The number of piperidine rings is 1. The zero-order chi connectivity index (χ0) is 16.5. The Morgan fingerprint density at radius 3 is 2.70 bits per heavy atom. The van der Waals surface area contributed by atoms with Crippen LogP contribution in [-0.4, -0.2) is 57.8 Å². The first kappa shape index (κ1) is 17.8. The van der Waals surface area contributed by atoms with E-state index >= 15 is 0 Å². The molecule has 1 fully saturated rings. The first-order valence-electron chi connectivity index (χ1n) is 8.32. The minimum atomic E-state index is 0.0660. The molecule has 0 bridgehead atoms. The number of carbonyl (C=O) groups is 1. The highest BCUT2D eigenvalue weighted by atomic mass is 16.5. The predicted molar refractivity (Wildman–Crippen MR) is 90.7 cm³/mol. The van der Waals surface area contributed by atoms with Crippen molar-refractivity contribution < 1.29 is 14.3 Å². The van der Waals surface area contributed by atoms with Crippen LogP contribution in [0.1, 0.15) is 18.4 Å². The van der Waals surface area contributed by atoms with Gasteiger partial charge in [-0.05, 0) is 37.9 Å². The summed E-state index contributed by atoms with van der Waals surface area (Å²) in [6, 6.07) is 7.67. The van der Waals surface area contributed by atoms with Gasteiger partial charge in [0.15, 0.2) is 0 Å². The van der Waals surface area contributed by atoms with E-state index in [1.54, 1.807) is 14.2 Å². The number of nitrogens with zero attached hydrogens (tertiary/aromatic N) is 1. The average Bonchev–Trinajstić information content (AvgIpc) is 2.59. The summed E-state index contributed by atoms with van der Waals surface area (Å²) in [6.45, 7) is 4.75. The number of hydrogen-bond acceptors (Lipinski definition) is 4. The molecule has 5 heteroatoms. The number of methoxy groups -OCH3 is 2. The molecule has 0 unspecified atom stereocenters. The molecule has 128 valence electrons. The van der Waals surface area contributed by atoms with E-state index < -0.39 is 0 Å². The van der Waals surface area contributed by atoms with Crippen molar-refractivity contribution in [1.82, 2.24) is 10.2 Å². The molecule has 1 aromatic carbocycles. The van der Waals surface area contributed by atoms with E-state index in [-0.39, 0.29) is 5.91 Å². The van der Waals surface area contributed by atoms with Crippen LogP contribution in [0.25, 0.3) is 0 Å². The lowest BCUT2D eigenvalue weighted by Crippen LogP contribution is -2.40. The van der Waals surface area contributed by atoms with Crippen molar-refractivity contribution >= 4 is 5.91 Å². The molecule has 1 aromatic rings. The van der Waals surface area contributed by atoms with Gasteiger partial charge in [-0.3, -0.25) is 4.79 Å². The zero-order valence-electron chi connectivity index (χ0n) is 14.2. The number of likely N-dealkylation sites (tertiary alicyclic amines) is 1. The predicted octanol–water partition coefficient (Wildman–Crippen LogP) is 1.71. The summed E-state index contributed by atoms with van der Waals surface area (Å²) in [4.78, 5) is 14.6. The molecule has 1 amide bonds. The largest absolute Gasteiger partial charge is 0.496 e. The Labute approximate surface area is 139 Å². The molecule has 5 nitrogen and oxygen atoms in total. The topological polar surface area (TPSA) is 50.8 Å². The Balaban J connectivity index is 1.69. The summed E-state index contributed by atoms with van der Waals surface area (Å²) in [6.07, 6.45) is 2.65. The van der Waals surface area contributed by atoms with Crippen LogP contribution in [0.4, 0.5) is 0 Å². The molecule has 0 aromatic heterocycles. The third-order valence-electron chi connectivity index (χ3n) is 4.45. The smallest absolute Gasteiger partial charge is 0.224 e. The van der Waals surface area contributed by atoms with Crippen LogP contribution in [0.2, 0.25) is 0 Å². The molecule has 23 heavy (non-hydrogen) atoms. The summed E-state index contributed by atoms with van der Waals surface area (Å²) < 4.78 is 10.4. The lowest BCUT2D eigenvalue weighted by Gasteiger charge is -2.31. The van der Waals surface area contributed by atoms with Gasteiger partial charge in [0, 0.05) is 25.8 Å². The van der Waals surface area contributed by atoms with Gasteiger partial charge in [-0.15, -0.1) is 0 Å². The third kappa shape index (κ3) is 5.84. The van der Waals surface area contributed by atoms with E-state index in [1.807, 2.05) is 24.3 Å². The van der Waals surface area contributed by atoms with Crippen molar-refractivity contribution in [2.75, 3.05) is 47.0 Å². The second-order valence-electron chi connectivity index (χ2n) is 6.07. The van der Waals surface area contributed by atoms with Crippen LogP contribution in [0.3, 0.4) is 0 Å². The fraction of sp³-hybridized carbons (Fsp3) is 0.611. The van der Waals surface area contributed by atoms with Crippen molar-refractivity contribution in [2.45, 2.75) is 19.3 Å². The van der Waals surface area contributed by atoms with Crippen LogP contribution in [0, 0.1) is 5.92 Å². The fourth-order valence-electron chi connectivity index (χ4n) is 2.98. The molecular weight excluding hydrogens is 292 g/mol. The lowest BCUT2D eigenvalue weighted by molar-refractivity contribution is -0.120. The molecule has 0 atom stereocenters. The molecule has 1 heterocycles. The first-order valence-corrected chi connectivity index (χ1v) is 8.32. The molecule has 1 aliphatic rings. The highest BCUT2D eigenvalue weighted by molar-refractivity contribution is 5.79. The molecule has 0 spiro atoms. The molecule has 1 aliphatic heterocycles. The van der Waals surface area contributed by atoms with Gasteiger partial charge in [-0.1, -0.05) is 18.2 Å². The van der Waals surface area contributed by atoms with Crippen molar-refractivity contribution in [3.63, 3.8) is 0 Å². The summed E-state index contributed by atoms with van der Waals surface area (Å²) in [7, 11) is 3.37. The summed E-state index contributed by atoms with van der Waals surface area (Å²) in [5.74, 6) is 1.42. The lowest BCUT2D eigenvalue weighted by atomic mass is 9.96. The molecule has 2 rings (SSSR count). The van der Waals surface area contributed by atoms with Crippen LogP contribution in [0.15, 0.2) is 24.3 Å². The molecule has 0 saturated carbocycles. The van der Waals surface area contributed by atoms with Crippen molar-refractivity contribution in [1.29, 1.82) is 0 Å². The number of para-hydroxylation sites is 1. The first-order chi connectivity index (χ1) is 11.2. The Morgan fingerprint density at radius 2 is 2.00 bits per heavy atom. The minimum Gasteiger partial charge on any atom is -0.496 e. The van der Waals surface area contributed by atoms with Crippen LogP contribution >= 0.6 is 0 Å². The maximum atomic E-state index is 12.1. The Morgan fingerprint density at radius 1 is 1.26 bits per heavy atom. The zero-order valence-corrected chi connectivity index (χ0v) is 14.2. The van der Waals surface area contributed by atoms with Crippen LogP contribution in [0.5, 0.6) is 5.75 Å². The van der Waals surface area contributed by atoms with E-state index in [4.69, 9.17) is 9.47 Å². The maximum absolute atomic E-state index is 12.1. The quantitative estimate of drug-likeness (QED) is 0.792. The number of nitrogens with one attached hydrogen (secondary N) is 1. The van der Waals surface area contributed by atoms with Gasteiger partial charge in [0.25, 0.3) is 0 Å². The Hall–Kier alpha value is -1.59. The fourth-order valence-corrected chi connectivity index (χ4v) is 2.98. The van der Waals surface area contributed by atoms with Gasteiger partial charge in [0.2, 0.25) is 5.91 Å². The highest BCUT2D eigenvalue weighted by Gasteiger charge is 2.19. The highest BCUT2D eigenvalue weighted by Crippen LogP contribution is 2.18. The van der Waals surface area contributed by atoms with Gasteiger partial charge >= 0.3 is 0 Å². The van der Waals surface area contributed by atoms with Gasteiger partial charge in [0.05, 0.1) is 20.1 Å². The Kier molecular flexibility index (Phi) is 7.36. The van der Waals surface area contributed by atoms with Crippen LogP contribution < -0.4 is 10.1 Å². The molecule has 0 aliphatic carbocycles. The van der Waals surface area contributed by atoms with E-state index in [9.17, 15) is 4.79 Å². The number of hydrogen-bond donors (Lipinski definition) is 1. The second-order valence-corrected chi connectivity index (χ2v) is 6.07. The number of carbonyl (C=O) groups excluding carboxylic acids is 1. The minimum absolute atomic E-state index is 0.0660. The third-order valence-corrected chi connectivity index (χ3v) is 4.45. The maximum Gasteiger partial charge on any atom is 0.224 e. The summed E-state index contributed by atoms with van der Waals surface area (Å²) >= 11 is 0. The van der Waals surface area contributed by atoms with E-state index in [0.29, 0.717) is 12.3 Å². The van der Waals surface area contributed by atoms with Gasteiger partial charge in [0.1, 0.15) is 5.75 Å². The second kappa shape index (κ2) is 9.53. The number of amides is 1. The summed E-state index contributed by atoms with van der Waals surface area (Å²) in [5.41, 5.74) is 0.932. The van der Waals surface area contributed by atoms with E-state index in [1.165, 1.54) is 0 Å². The normalized spacial score (nSPS) is 16.3. The van der Waals surface area contributed by atoms with Crippen molar-refractivity contribution in [3.8, 4) is 5.75 Å². The molecule has 1 N–H and O–H groups in total. The van der Waals surface area contributed by atoms with Gasteiger partial charge in [-0.2, -0.15) is 0 Å². The number of rotatable bonds is 8. The summed E-state index contributed by atoms with van der Waals surface area (Å²) in [5, 5.41) is 3.07. The van der Waals surface area contributed by atoms with E-state index in [2.05, 4.69) is 10.2 Å². The average molecular weight is 320 g/mol. The van der Waals surface area contributed by atoms with Crippen LogP contribution in [-0.2, 0) is 16.0 Å². The van der Waals surface area contributed by atoms with E-state index in [0.717, 1.165) is 56.9 Å². The molecule has 0 radical (unpaired) electrons. The Bertz CT molecular complexity index is 485. The monoisotopic (exact) mass is 320 g/mol. The van der Waals surface area contributed by atoms with Gasteiger partial charge in [-0.25, -0.2) is 0 Å². The number of benzene rings is 1. The molecular formula is C18H28N2O3. The molecule has 1 saturated heterocycles.